The van der Waals surface area contributed by atoms with Gasteiger partial charge in [0.05, 0.1) is 10.3 Å². The Morgan fingerprint density at radius 3 is 2.47 bits per heavy atom. The van der Waals surface area contributed by atoms with Crippen LogP contribution in [0.5, 0.6) is 11.5 Å². The van der Waals surface area contributed by atoms with Crippen LogP contribution in [0.4, 0.5) is 18.3 Å². The number of esters is 1. The number of benzene rings is 3. The van der Waals surface area contributed by atoms with Gasteiger partial charge in [-0.2, -0.15) is 0 Å². The summed E-state index contributed by atoms with van der Waals surface area (Å²) in [7, 11) is 0. The number of rotatable bonds is 6. The zero-order chi connectivity index (χ0) is 22.7. The molecular weight excluding hydrogens is 445 g/mol. The maximum atomic E-state index is 13.8. The molecule has 0 unspecified atom stereocenters. The first-order valence-electron chi connectivity index (χ1n) is 9.14. The summed E-state index contributed by atoms with van der Waals surface area (Å²) in [5, 5.41) is 2.21. The predicted octanol–water partition coefficient (Wildman–Crippen LogP) is 5.30. The predicted molar refractivity (Wildman–Crippen MR) is 111 cm³/mol. The molecule has 0 aliphatic rings. The summed E-state index contributed by atoms with van der Waals surface area (Å²) in [5.74, 6) is -4.97. The number of anilines is 1. The van der Waals surface area contributed by atoms with E-state index >= 15 is 0 Å². The van der Waals surface area contributed by atoms with Crippen LogP contribution in [0.3, 0.4) is 0 Å². The van der Waals surface area contributed by atoms with Gasteiger partial charge in [0, 0.05) is 0 Å². The lowest BCUT2D eigenvalue weighted by Gasteiger charge is -2.08. The number of aromatic nitrogens is 1. The molecule has 162 valence electrons. The van der Waals surface area contributed by atoms with Gasteiger partial charge in [0.15, 0.2) is 29.2 Å². The maximum Gasteiger partial charge on any atom is 0.338 e. The van der Waals surface area contributed by atoms with Gasteiger partial charge in [-0.05, 0) is 36.4 Å². The average Bonchev–Trinajstić information content (AvgIpc) is 3.19. The normalized spacial score (nSPS) is 10.7. The molecule has 0 atom stereocenters. The van der Waals surface area contributed by atoms with Crippen molar-refractivity contribution >= 4 is 38.6 Å². The first kappa shape index (κ1) is 21.3. The molecule has 4 rings (SSSR count). The van der Waals surface area contributed by atoms with Crippen LogP contribution >= 0.6 is 11.3 Å². The van der Waals surface area contributed by atoms with Gasteiger partial charge in [-0.3, -0.25) is 10.1 Å². The molecule has 4 aromatic rings. The van der Waals surface area contributed by atoms with Crippen LogP contribution in [-0.2, 0) is 9.53 Å². The van der Waals surface area contributed by atoms with Crippen molar-refractivity contribution in [3.63, 3.8) is 0 Å². The molecule has 10 heteroatoms. The summed E-state index contributed by atoms with van der Waals surface area (Å²) >= 11 is 0.749. The summed E-state index contributed by atoms with van der Waals surface area (Å²) < 4.78 is 51.0. The van der Waals surface area contributed by atoms with E-state index in [0.29, 0.717) is 11.5 Å². The molecule has 1 N–H and O–H groups in total. The molecular formula is C22H13F3N2O4S. The lowest BCUT2D eigenvalue weighted by molar-refractivity contribution is -0.119. The number of fused-ring (bicyclic) bond motifs is 1. The molecule has 0 spiro atoms. The fraction of sp³-hybridized carbons (Fsp3) is 0.0455. The number of amides is 1. The van der Waals surface area contributed by atoms with Crippen molar-refractivity contribution in [1.29, 1.82) is 0 Å². The number of hydrogen-bond donors (Lipinski definition) is 1. The highest BCUT2D eigenvalue weighted by atomic mass is 32.1. The SMILES string of the molecule is O=C(COC(=O)c1cccc(Oc2ccccc2)c1)Nc1nc2c(F)c(F)c(F)cc2s1. The van der Waals surface area contributed by atoms with Crippen LogP contribution < -0.4 is 10.1 Å². The smallest absolute Gasteiger partial charge is 0.338 e. The zero-order valence-electron chi connectivity index (χ0n) is 16.1. The van der Waals surface area contributed by atoms with E-state index in [-0.39, 0.29) is 15.4 Å². The van der Waals surface area contributed by atoms with E-state index in [0.717, 1.165) is 17.4 Å². The van der Waals surface area contributed by atoms with Gasteiger partial charge in [-0.25, -0.2) is 22.9 Å². The number of ether oxygens (including phenoxy) is 2. The highest BCUT2D eigenvalue weighted by molar-refractivity contribution is 7.22. The second kappa shape index (κ2) is 9.06. The van der Waals surface area contributed by atoms with Crippen LogP contribution in [0.2, 0.25) is 0 Å². The Bertz CT molecular complexity index is 1310. The van der Waals surface area contributed by atoms with E-state index in [1.165, 1.54) is 12.1 Å². The van der Waals surface area contributed by atoms with E-state index in [2.05, 4.69) is 10.3 Å². The number of thiazole rings is 1. The Morgan fingerprint density at radius 1 is 0.938 bits per heavy atom. The van der Waals surface area contributed by atoms with E-state index in [1.807, 2.05) is 6.07 Å². The molecule has 0 saturated heterocycles. The number of carbonyl (C=O) groups excluding carboxylic acids is 2. The number of halogens is 3. The zero-order valence-corrected chi connectivity index (χ0v) is 16.9. The first-order valence-corrected chi connectivity index (χ1v) is 9.96. The summed E-state index contributed by atoms with van der Waals surface area (Å²) in [6.07, 6.45) is 0. The largest absolute Gasteiger partial charge is 0.457 e. The van der Waals surface area contributed by atoms with Crippen LogP contribution in [0.1, 0.15) is 10.4 Å². The van der Waals surface area contributed by atoms with Crippen LogP contribution in [0.25, 0.3) is 10.2 Å². The van der Waals surface area contributed by atoms with Crippen molar-refractivity contribution in [2.45, 2.75) is 0 Å². The van der Waals surface area contributed by atoms with Crippen molar-refractivity contribution in [1.82, 2.24) is 4.98 Å². The molecule has 6 nitrogen and oxygen atoms in total. The Morgan fingerprint density at radius 2 is 1.69 bits per heavy atom. The minimum absolute atomic E-state index is 0.0175. The molecule has 1 aromatic heterocycles. The molecule has 0 aliphatic heterocycles. The lowest BCUT2D eigenvalue weighted by atomic mass is 10.2. The fourth-order valence-electron chi connectivity index (χ4n) is 2.71. The summed E-state index contributed by atoms with van der Waals surface area (Å²) in [6.45, 7) is -0.649. The minimum Gasteiger partial charge on any atom is -0.457 e. The quantitative estimate of drug-likeness (QED) is 0.313. The fourth-order valence-corrected chi connectivity index (χ4v) is 3.61. The van der Waals surface area contributed by atoms with Gasteiger partial charge in [-0.15, -0.1) is 0 Å². The molecule has 1 heterocycles. The van der Waals surface area contributed by atoms with Crippen molar-refractivity contribution < 1.29 is 32.2 Å². The van der Waals surface area contributed by atoms with E-state index in [4.69, 9.17) is 9.47 Å². The monoisotopic (exact) mass is 458 g/mol. The molecule has 0 saturated carbocycles. The lowest BCUT2D eigenvalue weighted by Crippen LogP contribution is -2.20. The average molecular weight is 458 g/mol. The Hall–Kier alpha value is -3.92. The molecule has 1 amide bonds. The van der Waals surface area contributed by atoms with Gasteiger partial charge < -0.3 is 9.47 Å². The molecule has 0 radical (unpaired) electrons. The Labute approximate surface area is 183 Å². The second-order valence-corrected chi connectivity index (χ2v) is 7.45. The maximum absolute atomic E-state index is 13.8. The minimum atomic E-state index is -1.65. The van der Waals surface area contributed by atoms with Gasteiger partial charge in [0.1, 0.15) is 17.0 Å². The highest BCUT2D eigenvalue weighted by Crippen LogP contribution is 2.30. The Kier molecular flexibility index (Phi) is 6.04. The third-order valence-electron chi connectivity index (χ3n) is 4.15. The summed E-state index contributed by atoms with van der Waals surface area (Å²) in [6, 6.07) is 16.0. The Balaban J connectivity index is 1.37. The summed E-state index contributed by atoms with van der Waals surface area (Å²) in [5.41, 5.74) is -0.240. The third-order valence-corrected chi connectivity index (χ3v) is 5.07. The van der Waals surface area contributed by atoms with Crippen LogP contribution in [-0.4, -0.2) is 23.5 Å². The summed E-state index contributed by atoms with van der Waals surface area (Å²) in [4.78, 5) is 28.1. The van der Waals surface area contributed by atoms with E-state index in [9.17, 15) is 22.8 Å². The number of carbonyl (C=O) groups is 2. The number of para-hydroxylation sites is 1. The first-order chi connectivity index (χ1) is 15.4. The van der Waals surface area contributed by atoms with Gasteiger partial charge in [-0.1, -0.05) is 35.6 Å². The number of hydrogen-bond acceptors (Lipinski definition) is 6. The van der Waals surface area contributed by atoms with E-state index < -0.39 is 41.5 Å². The van der Waals surface area contributed by atoms with Gasteiger partial charge in [0.25, 0.3) is 5.91 Å². The van der Waals surface area contributed by atoms with Crippen LogP contribution in [0.15, 0.2) is 60.7 Å². The van der Waals surface area contributed by atoms with Crippen molar-refractivity contribution in [2.75, 3.05) is 11.9 Å². The molecule has 3 aromatic carbocycles. The van der Waals surface area contributed by atoms with Crippen molar-refractivity contribution in [3.05, 3.63) is 83.7 Å². The highest BCUT2D eigenvalue weighted by Gasteiger charge is 2.19. The topological polar surface area (TPSA) is 77.5 Å². The van der Waals surface area contributed by atoms with Gasteiger partial charge >= 0.3 is 5.97 Å². The van der Waals surface area contributed by atoms with Crippen LogP contribution in [0, 0.1) is 17.5 Å². The molecule has 0 aliphatic carbocycles. The molecule has 0 bridgehead atoms. The third kappa shape index (κ3) is 4.70. The number of nitrogens with one attached hydrogen (secondary N) is 1. The standard InChI is InChI=1S/C22H13F3N2O4S/c23-15-10-16-20(19(25)18(15)24)27-22(32-16)26-17(28)11-30-21(29)12-5-4-8-14(9-12)31-13-6-2-1-3-7-13/h1-10H,11H2,(H,26,27,28). The molecule has 32 heavy (non-hydrogen) atoms. The molecule has 0 fully saturated rings. The van der Waals surface area contributed by atoms with Crippen molar-refractivity contribution in [3.8, 4) is 11.5 Å². The van der Waals surface area contributed by atoms with Gasteiger partial charge in [0.2, 0.25) is 0 Å². The van der Waals surface area contributed by atoms with E-state index in [1.54, 1.807) is 36.4 Å². The second-order valence-electron chi connectivity index (χ2n) is 6.42. The van der Waals surface area contributed by atoms with Crippen molar-refractivity contribution in [2.24, 2.45) is 0 Å². The number of nitrogens with zero attached hydrogens (tertiary/aromatic N) is 1.